The summed E-state index contributed by atoms with van der Waals surface area (Å²) in [4.78, 5) is 7.30. The van der Waals surface area contributed by atoms with Gasteiger partial charge in [0.1, 0.15) is 5.75 Å². The molecular weight excluding hydrogens is 188 g/mol. The van der Waals surface area contributed by atoms with Gasteiger partial charge in [0.2, 0.25) is 0 Å². The molecule has 0 aromatic carbocycles. The summed E-state index contributed by atoms with van der Waals surface area (Å²) < 4.78 is 5.11. The molecule has 2 heterocycles. The Hall–Kier alpha value is -2.03. The quantitative estimate of drug-likeness (QED) is 0.826. The Bertz CT molecular complexity index is 446. The molecule has 0 amide bonds. The number of aromatic amines is 1. The van der Waals surface area contributed by atoms with Gasteiger partial charge in [0, 0.05) is 24.2 Å². The van der Waals surface area contributed by atoms with Gasteiger partial charge in [-0.2, -0.15) is 0 Å². The molecule has 0 saturated heterocycles. The molecule has 2 aromatic heterocycles. The van der Waals surface area contributed by atoms with Gasteiger partial charge >= 0.3 is 0 Å². The number of hydrogen-bond acceptors (Lipinski definition) is 2. The SMILES string of the molecule is COc1ccnc(/C=C\c2ccc[nH]2)c1. The van der Waals surface area contributed by atoms with Crippen LogP contribution in [0, 0.1) is 0 Å². The van der Waals surface area contributed by atoms with Crippen LogP contribution in [-0.2, 0) is 0 Å². The van der Waals surface area contributed by atoms with E-state index in [1.165, 1.54) is 0 Å². The number of methoxy groups -OCH3 is 1. The van der Waals surface area contributed by atoms with Gasteiger partial charge in [-0.15, -0.1) is 0 Å². The minimum Gasteiger partial charge on any atom is -0.497 e. The molecule has 0 radical (unpaired) electrons. The third-order valence-corrected chi connectivity index (χ3v) is 2.04. The van der Waals surface area contributed by atoms with E-state index in [1.54, 1.807) is 13.3 Å². The number of aromatic nitrogens is 2. The van der Waals surface area contributed by atoms with E-state index >= 15 is 0 Å². The highest BCUT2D eigenvalue weighted by Gasteiger charge is 1.92. The summed E-state index contributed by atoms with van der Waals surface area (Å²) in [5.74, 6) is 0.816. The maximum Gasteiger partial charge on any atom is 0.122 e. The van der Waals surface area contributed by atoms with E-state index in [0.29, 0.717) is 0 Å². The highest BCUT2D eigenvalue weighted by atomic mass is 16.5. The molecule has 0 aliphatic rings. The topological polar surface area (TPSA) is 37.9 Å². The van der Waals surface area contributed by atoms with Crippen LogP contribution < -0.4 is 4.74 Å². The molecule has 0 saturated carbocycles. The number of nitrogens with one attached hydrogen (secondary N) is 1. The monoisotopic (exact) mass is 200 g/mol. The summed E-state index contributed by atoms with van der Waals surface area (Å²) in [6, 6.07) is 7.67. The molecule has 1 N–H and O–H groups in total. The first kappa shape index (κ1) is 9.52. The van der Waals surface area contributed by atoms with Crippen LogP contribution in [0.1, 0.15) is 11.4 Å². The molecule has 0 unspecified atom stereocenters. The van der Waals surface area contributed by atoms with Gasteiger partial charge in [-0.25, -0.2) is 0 Å². The lowest BCUT2D eigenvalue weighted by atomic mass is 10.3. The molecule has 0 atom stereocenters. The van der Waals surface area contributed by atoms with Crippen molar-refractivity contribution < 1.29 is 4.74 Å². The fourth-order valence-electron chi connectivity index (χ4n) is 1.27. The number of ether oxygens (including phenoxy) is 1. The van der Waals surface area contributed by atoms with E-state index in [9.17, 15) is 0 Å². The Morgan fingerprint density at radius 2 is 2.27 bits per heavy atom. The standard InChI is InChI=1S/C12H12N2O/c1-15-12-6-8-14-11(9-12)5-4-10-3-2-7-13-10/h2-9,13H,1H3/b5-4-. The van der Waals surface area contributed by atoms with Crippen molar-refractivity contribution in [3.63, 3.8) is 0 Å². The van der Waals surface area contributed by atoms with Crippen molar-refractivity contribution in [2.24, 2.45) is 0 Å². The first-order chi connectivity index (χ1) is 7.38. The van der Waals surface area contributed by atoms with Crippen LogP contribution in [0.4, 0.5) is 0 Å². The van der Waals surface area contributed by atoms with Crippen LogP contribution in [0.2, 0.25) is 0 Å². The van der Waals surface area contributed by atoms with Gasteiger partial charge in [-0.05, 0) is 30.4 Å². The maximum absolute atomic E-state index is 5.11. The Labute approximate surface area is 88.4 Å². The number of rotatable bonds is 3. The number of pyridine rings is 1. The highest BCUT2D eigenvalue weighted by molar-refractivity contribution is 5.66. The van der Waals surface area contributed by atoms with E-state index < -0.39 is 0 Å². The van der Waals surface area contributed by atoms with Crippen molar-refractivity contribution in [1.29, 1.82) is 0 Å². The lowest BCUT2D eigenvalue weighted by Gasteiger charge is -1.98. The van der Waals surface area contributed by atoms with E-state index in [2.05, 4.69) is 9.97 Å². The normalized spacial score (nSPS) is 10.7. The summed E-state index contributed by atoms with van der Waals surface area (Å²) in [7, 11) is 1.65. The minimum absolute atomic E-state index is 0.816. The Morgan fingerprint density at radius 3 is 3.00 bits per heavy atom. The fourth-order valence-corrected chi connectivity index (χ4v) is 1.27. The number of hydrogen-bond donors (Lipinski definition) is 1. The highest BCUT2D eigenvalue weighted by Crippen LogP contribution is 2.12. The van der Waals surface area contributed by atoms with Crippen molar-refractivity contribution in [2.45, 2.75) is 0 Å². The zero-order valence-electron chi connectivity index (χ0n) is 8.47. The molecule has 0 aliphatic carbocycles. The molecule has 0 aliphatic heterocycles. The summed E-state index contributed by atoms with van der Waals surface area (Å²) in [6.45, 7) is 0. The van der Waals surface area contributed by atoms with Gasteiger partial charge in [0.15, 0.2) is 0 Å². The molecular formula is C12H12N2O. The summed E-state index contributed by atoms with van der Waals surface area (Å²) in [6.07, 6.45) is 7.53. The van der Waals surface area contributed by atoms with E-state index in [-0.39, 0.29) is 0 Å². The predicted octanol–water partition coefficient (Wildman–Crippen LogP) is 2.59. The molecule has 15 heavy (non-hydrogen) atoms. The number of H-pyrrole nitrogens is 1. The summed E-state index contributed by atoms with van der Waals surface area (Å²) >= 11 is 0. The van der Waals surface area contributed by atoms with Crippen LogP contribution in [-0.4, -0.2) is 17.1 Å². The zero-order valence-corrected chi connectivity index (χ0v) is 8.47. The van der Waals surface area contributed by atoms with Crippen molar-refractivity contribution in [1.82, 2.24) is 9.97 Å². The van der Waals surface area contributed by atoms with Crippen LogP contribution in [0.5, 0.6) is 5.75 Å². The summed E-state index contributed by atoms with van der Waals surface area (Å²) in [5.41, 5.74) is 1.93. The molecule has 2 aromatic rings. The van der Waals surface area contributed by atoms with Crippen LogP contribution in [0.3, 0.4) is 0 Å². The molecule has 0 fully saturated rings. The first-order valence-corrected chi connectivity index (χ1v) is 4.70. The third kappa shape index (κ3) is 2.47. The van der Waals surface area contributed by atoms with Gasteiger partial charge in [-0.1, -0.05) is 0 Å². The lowest BCUT2D eigenvalue weighted by Crippen LogP contribution is -1.85. The predicted molar refractivity (Wildman–Crippen MR) is 60.5 cm³/mol. The molecule has 2 rings (SSSR count). The van der Waals surface area contributed by atoms with E-state index in [0.717, 1.165) is 17.1 Å². The van der Waals surface area contributed by atoms with Crippen molar-refractivity contribution >= 4 is 12.2 Å². The van der Waals surface area contributed by atoms with Crippen molar-refractivity contribution in [2.75, 3.05) is 7.11 Å². The third-order valence-electron chi connectivity index (χ3n) is 2.04. The van der Waals surface area contributed by atoms with Gasteiger partial charge in [0.25, 0.3) is 0 Å². The Kier molecular flexibility index (Phi) is 2.83. The fraction of sp³-hybridized carbons (Fsp3) is 0.0833. The second-order valence-corrected chi connectivity index (χ2v) is 3.08. The first-order valence-electron chi connectivity index (χ1n) is 4.70. The van der Waals surface area contributed by atoms with E-state index in [4.69, 9.17) is 4.74 Å². The molecule has 0 bridgehead atoms. The second-order valence-electron chi connectivity index (χ2n) is 3.08. The Morgan fingerprint density at radius 1 is 1.33 bits per heavy atom. The average molecular weight is 200 g/mol. The van der Waals surface area contributed by atoms with Crippen molar-refractivity contribution in [3.8, 4) is 5.75 Å². The van der Waals surface area contributed by atoms with Gasteiger partial charge in [-0.3, -0.25) is 4.98 Å². The van der Waals surface area contributed by atoms with E-state index in [1.807, 2.05) is 42.6 Å². The Balaban J connectivity index is 2.17. The largest absolute Gasteiger partial charge is 0.497 e. The van der Waals surface area contributed by atoms with Crippen molar-refractivity contribution in [3.05, 3.63) is 48.0 Å². The van der Waals surface area contributed by atoms with Crippen LogP contribution in [0.15, 0.2) is 36.7 Å². The van der Waals surface area contributed by atoms with Crippen LogP contribution >= 0.6 is 0 Å². The number of nitrogens with zero attached hydrogens (tertiary/aromatic N) is 1. The second kappa shape index (κ2) is 4.46. The maximum atomic E-state index is 5.11. The molecule has 3 nitrogen and oxygen atoms in total. The average Bonchev–Trinajstić information content (AvgIpc) is 2.79. The van der Waals surface area contributed by atoms with Crippen LogP contribution in [0.25, 0.3) is 12.2 Å². The minimum atomic E-state index is 0.816. The smallest absolute Gasteiger partial charge is 0.122 e. The van der Waals surface area contributed by atoms with Gasteiger partial charge < -0.3 is 9.72 Å². The van der Waals surface area contributed by atoms with Gasteiger partial charge in [0.05, 0.1) is 12.8 Å². The lowest BCUT2D eigenvalue weighted by molar-refractivity contribution is 0.414. The molecule has 76 valence electrons. The zero-order chi connectivity index (χ0) is 10.5. The summed E-state index contributed by atoms with van der Waals surface area (Å²) in [5, 5.41) is 0. The molecule has 0 spiro atoms. The molecule has 3 heteroatoms.